The third-order valence-electron chi connectivity index (χ3n) is 4.86. The van der Waals surface area contributed by atoms with E-state index in [2.05, 4.69) is 9.71 Å². The van der Waals surface area contributed by atoms with Gasteiger partial charge in [-0.1, -0.05) is 24.3 Å². The predicted molar refractivity (Wildman–Crippen MR) is 98.3 cm³/mol. The molecule has 6 nitrogen and oxygen atoms in total. The van der Waals surface area contributed by atoms with Crippen LogP contribution in [0.25, 0.3) is 0 Å². The molecule has 2 aliphatic rings. The molecule has 8 heteroatoms. The number of nitrogens with zero attached hydrogens (tertiary/aromatic N) is 2. The van der Waals surface area contributed by atoms with Crippen LogP contribution in [0.1, 0.15) is 30.0 Å². The van der Waals surface area contributed by atoms with E-state index < -0.39 is 10.0 Å². The molecule has 140 valence electrons. The van der Waals surface area contributed by atoms with Crippen molar-refractivity contribution in [2.75, 3.05) is 13.1 Å². The third-order valence-corrected chi connectivity index (χ3v) is 6.26. The van der Waals surface area contributed by atoms with E-state index >= 15 is 0 Å². The standard InChI is InChI=1S/C19H18FN3O3S/c20-14-9-7-13(8-10-14)16-5-3-11-23(16)18(24)12-21-19-15-4-1-2-6-17(15)27(25,26)22-19/h1-2,4,6-10,16H,3,5,11-12H2,(H,21,22). The van der Waals surface area contributed by atoms with Crippen LogP contribution in [0, 0.1) is 5.82 Å². The van der Waals surface area contributed by atoms with E-state index in [1.807, 2.05) is 0 Å². The molecule has 2 aromatic rings. The number of sulfonamides is 1. The fourth-order valence-corrected chi connectivity index (χ4v) is 4.84. The van der Waals surface area contributed by atoms with Crippen LogP contribution in [0.15, 0.2) is 58.4 Å². The summed E-state index contributed by atoms with van der Waals surface area (Å²) >= 11 is 0. The van der Waals surface area contributed by atoms with Crippen molar-refractivity contribution in [3.05, 3.63) is 65.5 Å². The number of hydrogen-bond acceptors (Lipinski definition) is 4. The predicted octanol–water partition coefficient (Wildman–Crippen LogP) is 2.23. The zero-order valence-corrected chi connectivity index (χ0v) is 15.2. The quantitative estimate of drug-likeness (QED) is 0.877. The van der Waals surface area contributed by atoms with E-state index in [4.69, 9.17) is 0 Å². The SMILES string of the molecule is O=C(CN=C1NS(=O)(=O)c2ccccc21)N1CCCC1c1ccc(F)cc1. The second-order valence-electron chi connectivity index (χ2n) is 6.56. The maximum atomic E-state index is 13.2. The number of likely N-dealkylation sites (tertiary alicyclic amines) is 1. The zero-order valence-electron chi connectivity index (χ0n) is 14.4. The third kappa shape index (κ3) is 3.32. The largest absolute Gasteiger partial charge is 0.334 e. The molecule has 0 radical (unpaired) electrons. The second kappa shape index (κ2) is 6.77. The Morgan fingerprint density at radius 2 is 1.93 bits per heavy atom. The van der Waals surface area contributed by atoms with Gasteiger partial charge in [0.25, 0.3) is 10.0 Å². The lowest BCUT2D eigenvalue weighted by Gasteiger charge is -2.24. The number of amidine groups is 1. The molecule has 4 rings (SSSR count). The molecule has 0 bridgehead atoms. The van der Waals surface area contributed by atoms with Crippen molar-refractivity contribution >= 4 is 21.8 Å². The highest BCUT2D eigenvalue weighted by Crippen LogP contribution is 2.32. The summed E-state index contributed by atoms with van der Waals surface area (Å²) in [4.78, 5) is 18.8. The molecule has 0 spiro atoms. The van der Waals surface area contributed by atoms with E-state index in [9.17, 15) is 17.6 Å². The summed E-state index contributed by atoms with van der Waals surface area (Å²) < 4.78 is 39.8. The lowest BCUT2D eigenvalue weighted by molar-refractivity contribution is -0.130. The van der Waals surface area contributed by atoms with Crippen LogP contribution in [0.5, 0.6) is 0 Å². The summed E-state index contributed by atoms with van der Waals surface area (Å²) in [5.41, 5.74) is 1.36. The number of nitrogens with one attached hydrogen (secondary N) is 1. The van der Waals surface area contributed by atoms with Gasteiger partial charge in [-0.05, 0) is 42.7 Å². The number of carbonyl (C=O) groups excluding carboxylic acids is 1. The second-order valence-corrected chi connectivity index (χ2v) is 8.21. The molecule has 2 aromatic carbocycles. The number of carbonyl (C=O) groups is 1. The molecule has 0 aromatic heterocycles. The molecule has 0 saturated carbocycles. The van der Waals surface area contributed by atoms with E-state index in [1.165, 1.54) is 18.2 Å². The summed E-state index contributed by atoms with van der Waals surface area (Å²) in [6.07, 6.45) is 1.67. The Morgan fingerprint density at radius 3 is 2.70 bits per heavy atom. The van der Waals surface area contributed by atoms with Crippen LogP contribution in [-0.2, 0) is 14.8 Å². The molecule has 1 saturated heterocycles. The Kier molecular flexibility index (Phi) is 4.43. The number of aliphatic imine (C=N–C) groups is 1. The fourth-order valence-electron chi connectivity index (χ4n) is 3.59. The number of benzene rings is 2. The van der Waals surface area contributed by atoms with Crippen LogP contribution in [0.2, 0.25) is 0 Å². The molecule has 2 heterocycles. The van der Waals surface area contributed by atoms with Gasteiger partial charge in [0.1, 0.15) is 18.2 Å². The lowest BCUT2D eigenvalue weighted by Crippen LogP contribution is -2.33. The highest BCUT2D eigenvalue weighted by molar-refractivity contribution is 7.90. The molecule has 2 aliphatic heterocycles. The van der Waals surface area contributed by atoms with Crippen LogP contribution in [0.4, 0.5) is 4.39 Å². The van der Waals surface area contributed by atoms with Gasteiger partial charge in [-0.3, -0.25) is 14.5 Å². The number of halogens is 1. The normalized spacial score (nSPS) is 21.9. The van der Waals surface area contributed by atoms with E-state index in [1.54, 1.807) is 35.2 Å². The van der Waals surface area contributed by atoms with Gasteiger partial charge in [0.15, 0.2) is 0 Å². The first kappa shape index (κ1) is 17.7. The van der Waals surface area contributed by atoms with Crippen molar-refractivity contribution in [2.45, 2.75) is 23.8 Å². The minimum absolute atomic E-state index is 0.106. The summed E-state index contributed by atoms with van der Waals surface area (Å²) in [6, 6.07) is 12.6. The molecule has 1 unspecified atom stereocenters. The van der Waals surface area contributed by atoms with Crippen LogP contribution in [-0.4, -0.2) is 38.2 Å². The van der Waals surface area contributed by atoms with Gasteiger partial charge >= 0.3 is 0 Å². The summed E-state index contributed by atoms with van der Waals surface area (Å²) in [5.74, 6) is -0.303. The Balaban J connectivity index is 1.53. The number of fused-ring (bicyclic) bond motifs is 1. The molecule has 1 fully saturated rings. The van der Waals surface area contributed by atoms with Crippen molar-refractivity contribution in [3.8, 4) is 0 Å². The average Bonchev–Trinajstić information content (AvgIpc) is 3.24. The smallest absolute Gasteiger partial charge is 0.263 e. The minimum atomic E-state index is -3.62. The summed E-state index contributed by atoms with van der Waals surface area (Å²) in [7, 11) is -3.62. The minimum Gasteiger partial charge on any atom is -0.334 e. The topological polar surface area (TPSA) is 78.8 Å². The van der Waals surface area contributed by atoms with Crippen molar-refractivity contribution in [3.63, 3.8) is 0 Å². The highest BCUT2D eigenvalue weighted by atomic mass is 32.2. The van der Waals surface area contributed by atoms with Gasteiger partial charge in [-0.2, -0.15) is 0 Å². The molecule has 1 N–H and O–H groups in total. The van der Waals surface area contributed by atoms with Crippen molar-refractivity contribution in [2.24, 2.45) is 4.99 Å². The van der Waals surface area contributed by atoms with E-state index in [-0.39, 0.29) is 35.0 Å². The first-order valence-corrected chi connectivity index (χ1v) is 10.2. The van der Waals surface area contributed by atoms with Gasteiger partial charge in [-0.25, -0.2) is 12.8 Å². The molecular formula is C19H18FN3O3S. The van der Waals surface area contributed by atoms with Crippen molar-refractivity contribution in [1.29, 1.82) is 0 Å². The van der Waals surface area contributed by atoms with Crippen molar-refractivity contribution < 1.29 is 17.6 Å². The summed E-state index contributed by atoms with van der Waals surface area (Å²) in [6.45, 7) is 0.456. The maximum absolute atomic E-state index is 13.2. The first-order valence-electron chi connectivity index (χ1n) is 8.67. The maximum Gasteiger partial charge on any atom is 0.263 e. The fraction of sp³-hybridized carbons (Fsp3) is 0.263. The zero-order chi connectivity index (χ0) is 19.0. The van der Waals surface area contributed by atoms with Crippen molar-refractivity contribution in [1.82, 2.24) is 9.62 Å². The molecule has 0 aliphatic carbocycles. The molecular weight excluding hydrogens is 369 g/mol. The van der Waals surface area contributed by atoms with Crippen LogP contribution in [0.3, 0.4) is 0 Å². The molecule has 27 heavy (non-hydrogen) atoms. The Labute approximate surface area is 156 Å². The van der Waals surface area contributed by atoms with E-state index in [0.717, 1.165) is 18.4 Å². The first-order chi connectivity index (χ1) is 13.0. The average molecular weight is 387 g/mol. The molecule has 1 amide bonds. The van der Waals surface area contributed by atoms with Gasteiger partial charge in [0.2, 0.25) is 5.91 Å². The molecule has 1 atom stereocenters. The van der Waals surface area contributed by atoms with E-state index in [0.29, 0.717) is 12.1 Å². The van der Waals surface area contributed by atoms with Crippen LogP contribution < -0.4 is 4.72 Å². The monoisotopic (exact) mass is 387 g/mol. The lowest BCUT2D eigenvalue weighted by atomic mass is 10.0. The number of rotatable bonds is 3. The highest BCUT2D eigenvalue weighted by Gasteiger charge is 2.32. The Morgan fingerprint density at radius 1 is 1.19 bits per heavy atom. The Bertz CT molecular complexity index is 1020. The summed E-state index contributed by atoms with van der Waals surface area (Å²) in [5, 5.41) is 0. The number of hydrogen-bond donors (Lipinski definition) is 1. The van der Waals surface area contributed by atoms with Gasteiger partial charge in [-0.15, -0.1) is 0 Å². The number of amides is 1. The van der Waals surface area contributed by atoms with Crippen LogP contribution >= 0.6 is 0 Å². The van der Waals surface area contributed by atoms with Gasteiger partial charge < -0.3 is 4.90 Å². The van der Waals surface area contributed by atoms with Gasteiger partial charge in [0, 0.05) is 12.1 Å². The van der Waals surface area contributed by atoms with Gasteiger partial charge in [0.05, 0.1) is 10.9 Å². The Hall–Kier alpha value is -2.74.